The molecule has 0 heterocycles. The fourth-order valence-electron chi connectivity index (χ4n) is 0.205. The maximum Gasteiger partial charge on any atom is 0.331 e. The molecule has 0 aliphatic rings. The Kier molecular flexibility index (Phi) is 3.01. The van der Waals surface area contributed by atoms with Gasteiger partial charge in [-0.2, -0.15) is 8.42 Å². The Bertz CT molecular complexity index is 240. The van der Waals surface area contributed by atoms with Crippen LogP contribution in [0.15, 0.2) is 11.5 Å². The molecule has 0 spiro atoms. The highest BCUT2D eigenvalue weighted by Gasteiger charge is 2.00. The maximum atomic E-state index is 11.6. The first-order chi connectivity index (χ1) is 4.45. The predicted octanol–water partition coefficient (Wildman–Crippen LogP) is -0.0276. The Balaban J connectivity index is 4.15. The molecule has 0 rings (SSSR count). The normalized spacial score (nSPS) is 11.8. The minimum Gasteiger partial charge on any atom is -0.466 e. The van der Waals surface area contributed by atoms with Crippen molar-refractivity contribution in [3.63, 3.8) is 0 Å². The third-order valence-corrected chi connectivity index (χ3v) is 1.03. The van der Waals surface area contributed by atoms with Gasteiger partial charge >= 0.3 is 16.2 Å². The number of ether oxygens (including phenoxy) is 1. The molecular weight excluding hydrogens is 163 g/mol. The van der Waals surface area contributed by atoms with Crippen molar-refractivity contribution in [3.05, 3.63) is 11.5 Å². The van der Waals surface area contributed by atoms with E-state index in [1.807, 2.05) is 0 Å². The average Bonchev–Trinajstić information content (AvgIpc) is 1.81. The van der Waals surface area contributed by atoms with Crippen LogP contribution in [-0.4, -0.2) is 21.5 Å². The van der Waals surface area contributed by atoms with Crippen LogP contribution in [0.5, 0.6) is 0 Å². The molecule has 58 valence electrons. The van der Waals surface area contributed by atoms with E-state index in [4.69, 9.17) is 0 Å². The molecule has 0 aliphatic heterocycles. The molecular formula is C4H5FO4S. The lowest BCUT2D eigenvalue weighted by atomic mass is 10.7. The third kappa shape index (κ3) is 5.23. The van der Waals surface area contributed by atoms with Gasteiger partial charge in [0.1, 0.15) is 0 Å². The minimum atomic E-state index is -4.71. The first-order valence-electron chi connectivity index (χ1n) is 2.16. The molecule has 0 aromatic rings. The molecule has 0 N–H and O–H groups in total. The van der Waals surface area contributed by atoms with Gasteiger partial charge in [0.05, 0.1) is 12.5 Å². The van der Waals surface area contributed by atoms with Gasteiger partial charge < -0.3 is 4.74 Å². The Morgan fingerprint density at radius 2 is 2.10 bits per heavy atom. The second-order valence-electron chi connectivity index (χ2n) is 1.30. The Labute approximate surface area is 57.5 Å². The number of carbonyl (C=O) groups excluding carboxylic acids is 1. The zero-order chi connectivity index (χ0) is 8.20. The van der Waals surface area contributed by atoms with E-state index >= 15 is 0 Å². The van der Waals surface area contributed by atoms with E-state index in [1.54, 1.807) is 0 Å². The van der Waals surface area contributed by atoms with E-state index in [0.717, 1.165) is 7.11 Å². The summed E-state index contributed by atoms with van der Waals surface area (Å²) in [6.45, 7) is 0. The lowest BCUT2D eigenvalue weighted by Crippen LogP contribution is -1.95. The van der Waals surface area contributed by atoms with Crippen molar-refractivity contribution in [1.82, 2.24) is 0 Å². The lowest BCUT2D eigenvalue weighted by Gasteiger charge is -1.86. The number of hydrogen-bond donors (Lipinski definition) is 0. The largest absolute Gasteiger partial charge is 0.466 e. The van der Waals surface area contributed by atoms with Crippen molar-refractivity contribution >= 4 is 16.2 Å². The zero-order valence-electron chi connectivity index (χ0n) is 5.07. The van der Waals surface area contributed by atoms with Gasteiger partial charge in [-0.05, 0) is 0 Å². The van der Waals surface area contributed by atoms with Crippen LogP contribution in [0.3, 0.4) is 0 Å². The molecule has 0 fully saturated rings. The van der Waals surface area contributed by atoms with Crippen molar-refractivity contribution in [2.45, 2.75) is 0 Å². The molecule has 0 aromatic carbocycles. The standard InChI is InChI=1S/C4H5FO4S/c1-9-4(6)2-3-10(5,7)8/h2-3H,1H3/b3-2+. The number of methoxy groups -OCH3 is 1. The molecule has 0 amide bonds. The van der Waals surface area contributed by atoms with Crippen LogP contribution in [0.1, 0.15) is 0 Å². The SMILES string of the molecule is COC(=O)/C=C/S(=O)(=O)F. The highest BCUT2D eigenvalue weighted by atomic mass is 32.3. The van der Waals surface area contributed by atoms with E-state index in [-0.39, 0.29) is 5.41 Å². The number of carbonyl (C=O) groups is 1. The lowest BCUT2D eigenvalue weighted by molar-refractivity contribution is -0.134. The zero-order valence-corrected chi connectivity index (χ0v) is 5.89. The molecule has 6 heteroatoms. The molecule has 4 nitrogen and oxygen atoms in total. The van der Waals surface area contributed by atoms with Crippen molar-refractivity contribution in [2.75, 3.05) is 7.11 Å². The van der Waals surface area contributed by atoms with Crippen molar-refractivity contribution in [1.29, 1.82) is 0 Å². The van der Waals surface area contributed by atoms with E-state index in [2.05, 4.69) is 4.74 Å². The number of halogens is 1. The average molecular weight is 168 g/mol. The predicted molar refractivity (Wildman–Crippen MR) is 31.2 cm³/mol. The Morgan fingerprint density at radius 1 is 1.60 bits per heavy atom. The maximum absolute atomic E-state index is 11.6. The van der Waals surface area contributed by atoms with Crippen LogP contribution in [0.25, 0.3) is 0 Å². The minimum absolute atomic E-state index is 0.124. The first-order valence-corrected chi connectivity index (χ1v) is 3.61. The van der Waals surface area contributed by atoms with Crippen LogP contribution < -0.4 is 0 Å². The second kappa shape index (κ2) is 3.31. The summed E-state index contributed by atoms with van der Waals surface area (Å²) in [6.07, 6.45) is 0.481. The summed E-state index contributed by atoms with van der Waals surface area (Å²) in [5.41, 5.74) is 0. The monoisotopic (exact) mass is 168 g/mol. The molecule has 0 aliphatic carbocycles. The van der Waals surface area contributed by atoms with Crippen LogP contribution in [-0.2, 0) is 19.8 Å². The molecule has 0 bridgehead atoms. The van der Waals surface area contributed by atoms with Gasteiger partial charge in [-0.1, -0.05) is 0 Å². The molecule has 0 unspecified atom stereocenters. The summed E-state index contributed by atoms with van der Waals surface area (Å²) >= 11 is 0. The quantitative estimate of drug-likeness (QED) is 0.330. The summed E-state index contributed by atoms with van der Waals surface area (Å²) in [5.74, 6) is -0.916. The van der Waals surface area contributed by atoms with E-state index < -0.39 is 16.2 Å². The van der Waals surface area contributed by atoms with Crippen LogP contribution in [0.2, 0.25) is 0 Å². The molecule has 0 radical (unpaired) electrons. The topological polar surface area (TPSA) is 60.4 Å². The van der Waals surface area contributed by atoms with Crippen molar-refractivity contribution in [2.24, 2.45) is 0 Å². The number of hydrogen-bond acceptors (Lipinski definition) is 4. The fraction of sp³-hybridized carbons (Fsp3) is 0.250. The summed E-state index contributed by atoms with van der Waals surface area (Å²) in [6, 6.07) is 0. The molecule has 0 saturated heterocycles. The number of esters is 1. The van der Waals surface area contributed by atoms with Gasteiger partial charge in [-0.3, -0.25) is 0 Å². The summed E-state index contributed by atoms with van der Waals surface area (Å²) in [5, 5.41) is 0.124. The Hall–Kier alpha value is -0.910. The van der Waals surface area contributed by atoms with Crippen LogP contribution in [0, 0.1) is 0 Å². The Morgan fingerprint density at radius 3 is 2.40 bits per heavy atom. The van der Waals surface area contributed by atoms with Gasteiger partial charge in [0.2, 0.25) is 0 Å². The van der Waals surface area contributed by atoms with Gasteiger partial charge in [-0.15, -0.1) is 3.89 Å². The van der Waals surface area contributed by atoms with E-state index in [0.29, 0.717) is 6.08 Å². The summed E-state index contributed by atoms with van der Waals surface area (Å²) in [4.78, 5) is 10.1. The summed E-state index contributed by atoms with van der Waals surface area (Å²) < 4.78 is 34.9. The van der Waals surface area contributed by atoms with Crippen LogP contribution >= 0.6 is 0 Å². The summed E-state index contributed by atoms with van der Waals surface area (Å²) in [7, 11) is -3.66. The van der Waals surface area contributed by atoms with Gasteiger partial charge in [0.25, 0.3) is 0 Å². The van der Waals surface area contributed by atoms with Crippen LogP contribution in [0.4, 0.5) is 3.89 Å². The molecule has 0 saturated carbocycles. The molecule has 0 atom stereocenters. The van der Waals surface area contributed by atoms with Gasteiger partial charge in [0, 0.05) is 6.08 Å². The molecule has 10 heavy (non-hydrogen) atoms. The van der Waals surface area contributed by atoms with Crippen molar-refractivity contribution in [3.8, 4) is 0 Å². The first kappa shape index (κ1) is 9.09. The van der Waals surface area contributed by atoms with Gasteiger partial charge in [-0.25, -0.2) is 4.79 Å². The molecule has 0 aromatic heterocycles. The third-order valence-electron chi connectivity index (χ3n) is 0.568. The number of rotatable bonds is 2. The van der Waals surface area contributed by atoms with Gasteiger partial charge in [0.15, 0.2) is 0 Å². The van der Waals surface area contributed by atoms with E-state index in [9.17, 15) is 17.1 Å². The fourth-order valence-corrected chi connectivity index (χ4v) is 0.479. The van der Waals surface area contributed by atoms with Crippen molar-refractivity contribution < 1.29 is 21.8 Å². The highest BCUT2D eigenvalue weighted by molar-refractivity contribution is 7.89. The van der Waals surface area contributed by atoms with E-state index in [1.165, 1.54) is 0 Å². The smallest absolute Gasteiger partial charge is 0.331 e. The second-order valence-corrected chi connectivity index (χ2v) is 2.52. The highest BCUT2D eigenvalue weighted by Crippen LogP contribution is 1.92.